The minimum absolute atomic E-state index is 0.0167. The van der Waals surface area contributed by atoms with E-state index in [0.717, 1.165) is 37.6 Å². The van der Waals surface area contributed by atoms with Crippen molar-refractivity contribution in [2.24, 2.45) is 0 Å². The van der Waals surface area contributed by atoms with Crippen molar-refractivity contribution >= 4 is 5.82 Å². The predicted molar refractivity (Wildman–Crippen MR) is 71.1 cm³/mol. The maximum Gasteiger partial charge on any atom is 0.252 e. The molecule has 2 heterocycles. The summed E-state index contributed by atoms with van der Waals surface area (Å²) in [4.78, 5) is 21.5. The molecule has 1 aliphatic carbocycles. The Morgan fingerprint density at radius 1 is 1.50 bits per heavy atom. The lowest BCUT2D eigenvalue weighted by molar-refractivity contribution is 0.610. The first-order valence-corrected chi connectivity index (χ1v) is 6.80. The molecule has 1 aliphatic heterocycles. The molecule has 1 aromatic rings. The van der Waals surface area contributed by atoms with Gasteiger partial charge in [0.15, 0.2) is 0 Å². The molecule has 0 amide bonds. The molecule has 2 fully saturated rings. The van der Waals surface area contributed by atoms with Crippen LogP contribution in [0.25, 0.3) is 0 Å². The second-order valence-corrected chi connectivity index (χ2v) is 5.31. The van der Waals surface area contributed by atoms with Crippen LogP contribution >= 0.6 is 0 Å². The quantitative estimate of drug-likeness (QED) is 0.829. The molecule has 1 saturated heterocycles. The zero-order chi connectivity index (χ0) is 12.5. The summed E-state index contributed by atoms with van der Waals surface area (Å²) in [5.41, 5.74) is -0.0167. The van der Waals surface area contributed by atoms with E-state index in [4.69, 9.17) is 0 Å². The van der Waals surface area contributed by atoms with Crippen LogP contribution in [0.5, 0.6) is 0 Å². The second-order valence-electron chi connectivity index (χ2n) is 5.31. The summed E-state index contributed by atoms with van der Waals surface area (Å²) in [5.74, 6) is 2.23. The Morgan fingerprint density at radius 2 is 2.33 bits per heavy atom. The van der Waals surface area contributed by atoms with Crippen LogP contribution in [0.2, 0.25) is 0 Å². The third-order valence-corrected chi connectivity index (χ3v) is 3.82. The Hall–Kier alpha value is -1.36. The molecular formula is C13H20N4O. The lowest BCUT2D eigenvalue weighted by Gasteiger charge is -2.25. The van der Waals surface area contributed by atoms with Gasteiger partial charge in [-0.1, -0.05) is 0 Å². The van der Waals surface area contributed by atoms with Crippen LogP contribution in [-0.2, 0) is 0 Å². The van der Waals surface area contributed by atoms with Crippen molar-refractivity contribution in [3.8, 4) is 0 Å². The van der Waals surface area contributed by atoms with Gasteiger partial charge in [-0.15, -0.1) is 0 Å². The highest BCUT2D eigenvalue weighted by Crippen LogP contribution is 2.38. The van der Waals surface area contributed by atoms with Crippen molar-refractivity contribution in [1.82, 2.24) is 15.3 Å². The van der Waals surface area contributed by atoms with Crippen molar-refractivity contribution in [1.29, 1.82) is 0 Å². The van der Waals surface area contributed by atoms with E-state index >= 15 is 0 Å². The van der Waals surface area contributed by atoms with Crippen LogP contribution in [0.3, 0.4) is 0 Å². The van der Waals surface area contributed by atoms with Gasteiger partial charge in [-0.05, 0) is 32.7 Å². The fraction of sp³-hybridized carbons (Fsp3) is 0.692. The Balaban J connectivity index is 1.88. The maximum atomic E-state index is 11.7. The van der Waals surface area contributed by atoms with Crippen LogP contribution in [0.1, 0.15) is 37.4 Å². The molecule has 18 heavy (non-hydrogen) atoms. The number of nitrogens with one attached hydrogen (secondary N) is 2. The van der Waals surface area contributed by atoms with Gasteiger partial charge in [0, 0.05) is 31.1 Å². The average Bonchev–Trinajstić information content (AvgIpc) is 3.10. The van der Waals surface area contributed by atoms with E-state index in [-0.39, 0.29) is 5.56 Å². The summed E-state index contributed by atoms with van der Waals surface area (Å²) in [7, 11) is 1.97. The number of hydrogen-bond donors (Lipinski definition) is 2. The third-order valence-electron chi connectivity index (χ3n) is 3.82. The van der Waals surface area contributed by atoms with Crippen molar-refractivity contribution in [2.75, 3.05) is 25.0 Å². The summed E-state index contributed by atoms with van der Waals surface area (Å²) in [6, 6.07) is 2.11. The van der Waals surface area contributed by atoms with E-state index < -0.39 is 0 Å². The molecule has 98 valence electrons. The lowest BCUT2D eigenvalue weighted by atomic mass is 10.2. The van der Waals surface area contributed by atoms with Crippen molar-refractivity contribution in [3.63, 3.8) is 0 Å². The maximum absolute atomic E-state index is 11.7. The van der Waals surface area contributed by atoms with Gasteiger partial charge in [-0.25, -0.2) is 4.98 Å². The van der Waals surface area contributed by atoms with Crippen LogP contribution < -0.4 is 15.8 Å². The molecule has 3 rings (SSSR count). The second kappa shape index (κ2) is 4.72. The molecule has 1 unspecified atom stereocenters. The van der Waals surface area contributed by atoms with Gasteiger partial charge in [0.05, 0.1) is 0 Å². The minimum Gasteiger partial charge on any atom is -0.352 e. The number of anilines is 1. The van der Waals surface area contributed by atoms with Crippen molar-refractivity contribution < 1.29 is 0 Å². The van der Waals surface area contributed by atoms with E-state index in [1.54, 1.807) is 6.07 Å². The molecule has 2 aliphatic rings. The first-order chi connectivity index (χ1) is 8.78. The van der Waals surface area contributed by atoms with Gasteiger partial charge in [0.25, 0.3) is 5.56 Å². The number of rotatable bonds is 4. The smallest absolute Gasteiger partial charge is 0.252 e. The normalized spacial score (nSPS) is 23.6. The third kappa shape index (κ3) is 2.27. The van der Waals surface area contributed by atoms with Gasteiger partial charge in [-0.3, -0.25) is 4.79 Å². The number of aromatic amines is 1. The molecule has 0 aromatic carbocycles. The van der Waals surface area contributed by atoms with Crippen molar-refractivity contribution in [3.05, 3.63) is 22.2 Å². The topological polar surface area (TPSA) is 61.0 Å². The first-order valence-electron chi connectivity index (χ1n) is 6.80. The van der Waals surface area contributed by atoms with Gasteiger partial charge < -0.3 is 15.2 Å². The summed E-state index contributed by atoms with van der Waals surface area (Å²) >= 11 is 0. The molecule has 0 spiro atoms. The van der Waals surface area contributed by atoms with E-state index in [2.05, 4.69) is 20.2 Å². The molecule has 5 nitrogen and oxygen atoms in total. The number of hydrogen-bond acceptors (Lipinski definition) is 4. The number of aromatic nitrogens is 2. The minimum atomic E-state index is -0.0167. The zero-order valence-electron chi connectivity index (χ0n) is 10.8. The monoisotopic (exact) mass is 248 g/mol. The Bertz CT molecular complexity index is 480. The Kier molecular flexibility index (Phi) is 3.07. The SMILES string of the molecule is CNCC1CCCN1c1cc(=O)[nH]c(C2CC2)n1. The molecule has 1 atom stereocenters. The van der Waals surface area contributed by atoms with E-state index in [1.807, 2.05) is 7.05 Å². The molecule has 1 saturated carbocycles. The lowest BCUT2D eigenvalue weighted by Crippen LogP contribution is -2.38. The highest BCUT2D eigenvalue weighted by Gasteiger charge is 2.29. The van der Waals surface area contributed by atoms with Gasteiger partial charge >= 0.3 is 0 Å². The van der Waals surface area contributed by atoms with Gasteiger partial charge in [0.1, 0.15) is 11.6 Å². The summed E-state index contributed by atoms with van der Waals surface area (Å²) < 4.78 is 0. The van der Waals surface area contributed by atoms with Crippen molar-refractivity contribution in [2.45, 2.75) is 37.6 Å². The van der Waals surface area contributed by atoms with Gasteiger partial charge in [-0.2, -0.15) is 0 Å². The van der Waals surface area contributed by atoms with Crippen LogP contribution in [-0.4, -0.2) is 36.1 Å². The van der Waals surface area contributed by atoms with E-state index in [1.165, 1.54) is 12.8 Å². The van der Waals surface area contributed by atoms with Crippen LogP contribution in [0.15, 0.2) is 10.9 Å². The molecular weight excluding hydrogens is 228 g/mol. The molecule has 0 bridgehead atoms. The number of nitrogens with zero attached hydrogens (tertiary/aromatic N) is 2. The standard InChI is InChI=1S/C13H20N4O/c1-14-8-10-3-2-6-17(10)11-7-12(18)16-13(15-11)9-4-5-9/h7,9-10,14H,2-6,8H2,1H3,(H,15,16,18). The largest absolute Gasteiger partial charge is 0.352 e. The zero-order valence-corrected chi connectivity index (χ0v) is 10.8. The fourth-order valence-corrected chi connectivity index (χ4v) is 2.75. The Labute approximate surface area is 107 Å². The first kappa shape index (κ1) is 11.7. The highest BCUT2D eigenvalue weighted by molar-refractivity contribution is 5.41. The summed E-state index contributed by atoms with van der Waals surface area (Å²) in [5, 5.41) is 3.22. The molecule has 0 radical (unpaired) electrons. The predicted octanol–water partition coefficient (Wildman–Crippen LogP) is 0.835. The average molecular weight is 248 g/mol. The van der Waals surface area contributed by atoms with E-state index in [9.17, 15) is 4.79 Å². The summed E-state index contributed by atoms with van der Waals surface area (Å²) in [6.45, 7) is 1.96. The van der Waals surface area contributed by atoms with E-state index in [0.29, 0.717) is 12.0 Å². The van der Waals surface area contributed by atoms with Crippen LogP contribution in [0, 0.1) is 0 Å². The number of H-pyrrole nitrogens is 1. The van der Waals surface area contributed by atoms with Crippen LogP contribution in [0.4, 0.5) is 5.82 Å². The summed E-state index contributed by atoms with van der Waals surface area (Å²) in [6.07, 6.45) is 4.67. The fourth-order valence-electron chi connectivity index (χ4n) is 2.75. The molecule has 2 N–H and O–H groups in total. The van der Waals surface area contributed by atoms with Gasteiger partial charge in [0.2, 0.25) is 0 Å². The molecule has 5 heteroatoms. The highest BCUT2D eigenvalue weighted by atomic mass is 16.1. The molecule has 1 aromatic heterocycles. The Morgan fingerprint density at radius 3 is 3.06 bits per heavy atom. The number of likely N-dealkylation sites (N-methyl/N-ethyl adjacent to an activating group) is 1.